The highest BCUT2D eigenvalue weighted by Gasteiger charge is 2.50. The fourth-order valence-electron chi connectivity index (χ4n) is 4.71. The van der Waals surface area contributed by atoms with Crippen molar-refractivity contribution in [2.75, 3.05) is 41.9 Å². The summed E-state index contributed by atoms with van der Waals surface area (Å²) in [5.41, 5.74) is 31.1. The van der Waals surface area contributed by atoms with Crippen molar-refractivity contribution >= 4 is 40.4 Å². The largest absolute Gasteiger partial charge is 0.462 e. The molecular weight excluding hydrogens is 582 g/mol. The highest BCUT2D eigenvalue weighted by molar-refractivity contribution is 6.03. The number of carbonyl (C=O) groups is 2. The topological polar surface area (TPSA) is 234 Å². The summed E-state index contributed by atoms with van der Waals surface area (Å²) in [6, 6.07) is 2.88. The second-order valence-corrected chi connectivity index (χ2v) is 12.2. The molecule has 13 nitrogen and oxygen atoms in total. The number of rotatable bonds is 17. The number of nitrogen functional groups attached to an aromatic ring is 5. The summed E-state index contributed by atoms with van der Waals surface area (Å²) >= 11 is 0. The second-order valence-electron chi connectivity index (χ2n) is 12.2. The molecule has 3 unspecified atom stereocenters. The second kappa shape index (κ2) is 15.8. The average Bonchev–Trinajstić information content (AvgIpc) is 3.73. The molecule has 1 fully saturated rings. The van der Waals surface area contributed by atoms with Gasteiger partial charge >= 0.3 is 11.9 Å². The Morgan fingerprint density at radius 1 is 0.778 bits per heavy atom. The van der Waals surface area contributed by atoms with Gasteiger partial charge in [0.2, 0.25) is 12.6 Å². The molecule has 2 aromatic rings. The van der Waals surface area contributed by atoms with Crippen molar-refractivity contribution in [2.45, 2.75) is 91.8 Å². The molecule has 0 aromatic heterocycles. The van der Waals surface area contributed by atoms with Crippen LogP contribution < -0.4 is 38.1 Å². The lowest BCUT2D eigenvalue weighted by Crippen LogP contribution is -2.28. The summed E-state index contributed by atoms with van der Waals surface area (Å²) in [7, 11) is 0. The van der Waals surface area contributed by atoms with E-state index in [1.165, 1.54) is 6.07 Å². The molecule has 2 aromatic carbocycles. The summed E-state index contributed by atoms with van der Waals surface area (Å²) in [6.45, 7) is 10.6. The zero-order valence-corrected chi connectivity index (χ0v) is 26.9. The van der Waals surface area contributed by atoms with Gasteiger partial charge in [-0.25, -0.2) is 9.59 Å². The van der Waals surface area contributed by atoms with Crippen LogP contribution in [0, 0.1) is 18.8 Å². The van der Waals surface area contributed by atoms with Gasteiger partial charge in [0.15, 0.2) is 17.6 Å². The first-order valence-electron chi connectivity index (χ1n) is 15.4. The Bertz CT molecular complexity index is 1350. The van der Waals surface area contributed by atoms with Crippen LogP contribution in [0.15, 0.2) is 12.1 Å². The van der Waals surface area contributed by atoms with Crippen LogP contribution in [0.1, 0.15) is 92.5 Å². The van der Waals surface area contributed by atoms with E-state index >= 15 is 0 Å². The van der Waals surface area contributed by atoms with Gasteiger partial charge in [0.25, 0.3) is 0 Å². The number of hydrogen-bond acceptors (Lipinski definition) is 13. The van der Waals surface area contributed by atoms with Crippen molar-refractivity contribution in [3.8, 4) is 11.5 Å². The van der Waals surface area contributed by atoms with Gasteiger partial charge in [0.1, 0.15) is 11.1 Å². The number of anilines is 5. The number of aliphatic hydroxyl groups is 1. The van der Waals surface area contributed by atoms with E-state index < -0.39 is 30.6 Å². The van der Waals surface area contributed by atoms with Crippen LogP contribution in [0.25, 0.3) is 0 Å². The smallest absolute Gasteiger partial charge is 0.344 e. The lowest BCUT2D eigenvalue weighted by atomic mass is 10.1. The van der Waals surface area contributed by atoms with E-state index in [4.69, 9.17) is 52.4 Å². The highest BCUT2D eigenvalue weighted by Crippen LogP contribution is 2.41. The monoisotopic (exact) mass is 631 g/mol. The van der Waals surface area contributed by atoms with Crippen molar-refractivity contribution in [1.82, 2.24) is 0 Å². The normalized spacial score (nSPS) is 16.4. The summed E-state index contributed by atoms with van der Waals surface area (Å²) in [5.74, 6) is -0.641. The number of benzene rings is 2. The molecule has 0 saturated carbocycles. The molecule has 13 heteroatoms. The van der Waals surface area contributed by atoms with Crippen molar-refractivity contribution in [3.05, 3.63) is 28.8 Å². The maximum atomic E-state index is 13.1. The molecule has 11 N–H and O–H groups in total. The van der Waals surface area contributed by atoms with E-state index in [0.717, 1.165) is 25.7 Å². The van der Waals surface area contributed by atoms with E-state index in [1.54, 1.807) is 13.0 Å². The minimum Gasteiger partial charge on any atom is -0.462 e. The molecule has 1 aliphatic heterocycles. The van der Waals surface area contributed by atoms with E-state index in [1.807, 2.05) is 0 Å². The fourth-order valence-corrected chi connectivity index (χ4v) is 4.71. The number of esters is 2. The SMILES string of the molecule is Cc1cc(N)c(OC2OC2C(O)Oc2c(N)cc(N)c(N)c2C(=O)OCCCCC(C)C)c(C(=O)OCCCCC(C)C)c1N. The standard InChI is InChI=1S/C32H49N5O8/c1-16(2)10-6-8-12-41-29(38)22-24(36)18(5)14-20(34)27(22)44-32-28(45-32)31(40)43-26-21(35)15-19(33)25(37)23(26)30(39)42-13-9-7-11-17(3)4/h14-17,28,31-32,40H,6-13,33-37H2,1-5H3. The molecule has 0 spiro atoms. The Morgan fingerprint density at radius 2 is 1.29 bits per heavy atom. The van der Waals surface area contributed by atoms with Crippen LogP contribution in [0.2, 0.25) is 0 Å². The summed E-state index contributed by atoms with van der Waals surface area (Å²) in [5, 5.41) is 10.9. The van der Waals surface area contributed by atoms with Crippen molar-refractivity contribution in [2.24, 2.45) is 11.8 Å². The molecule has 1 aliphatic rings. The molecule has 0 radical (unpaired) electrons. The average molecular weight is 632 g/mol. The Morgan fingerprint density at radius 3 is 1.82 bits per heavy atom. The third-order valence-electron chi connectivity index (χ3n) is 7.40. The molecule has 3 rings (SSSR count). The molecular formula is C32H49N5O8. The number of aliphatic hydroxyl groups excluding tert-OH is 1. The maximum absolute atomic E-state index is 13.1. The summed E-state index contributed by atoms with van der Waals surface area (Å²) in [4.78, 5) is 26.1. The number of aryl methyl sites for hydroxylation is 1. The van der Waals surface area contributed by atoms with Gasteiger partial charge in [-0.15, -0.1) is 0 Å². The number of unbranched alkanes of at least 4 members (excludes halogenated alkanes) is 2. The molecule has 0 bridgehead atoms. The first-order valence-corrected chi connectivity index (χ1v) is 15.4. The molecule has 0 amide bonds. The maximum Gasteiger partial charge on any atom is 0.344 e. The van der Waals surface area contributed by atoms with Crippen LogP contribution >= 0.6 is 0 Å². The van der Waals surface area contributed by atoms with Gasteiger partial charge in [-0.3, -0.25) is 0 Å². The number of hydrogen-bond donors (Lipinski definition) is 6. The molecule has 1 heterocycles. The molecule has 3 atom stereocenters. The molecule has 0 aliphatic carbocycles. The van der Waals surface area contributed by atoms with Crippen LogP contribution in [0.3, 0.4) is 0 Å². The summed E-state index contributed by atoms with van der Waals surface area (Å²) in [6.07, 6.45) is 1.38. The van der Waals surface area contributed by atoms with E-state index in [2.05, 4.69) is 27.7 Å². The van der Waals surface area contributed by atoms with Gasteiger partial charge < -0.3 is 57.5 Å². The Balaban J connectivity index is 1.71. The zero-order chi connectivity index (χ0) is 33.4. The lowest BCUT2D eigenvalue weighted by Gasteiger charge is -2.19. The van der Waals surface area contributed by atoms with E-state index in [0.29, 0.717) is 30.2 Å². The predicted molar refractivity (Wildman–Crippen MR) is 174 cm³/mol. The molecule has 1 saturated heterocycles. The van der Waals surface area contributed by atoms with Crippen molar-refractivity contribution < 1.29 is 38.4 Å². The minimum atomic E-state index is -1.67. The van der Waals surface area contributed by atoms with Crippen molar-refractivity contribution in [3.63, 3.8) is 0 Å². The highest BCUT2D eigenvalue weighted by atomic mass is 16.8. The van der Waals surface area contributed by atoms with Crippen LogP contribution in [-0.2, 0) is 14.2 Å². The van der Waals surface area contributed by atoms with Crippen molar-refractivity contribution in [1.29, 1.82) is 0 Å². The molecule has 45 heavy (non-hydrogen) atoms. The minimum absolute atomic E-state index is 0.0324. The number of epoxide rings is 1. The van der Waals surface area contributed by atoms with Crippen LogP contribution in [-0.4, -0.2) is 48.9 Å². The third kappa shape index (κ3) is 9.44. The Kier molecular flexibility index (Phi) is 12.4. The van der Waals surface area contributed by atoms with Crippen LogP contribution in [0.4, 0.5) is 28.4 Å². The van der Waals surface area contributed by atoms with Gasteiger partial charge in [-0.05, 0) is 62.1 Å². The Labute approximate surface area is 264 Å². The first-order chi connectivity index (χ1) is 21.2. The van der Waals surface area contributed by atoms with Gasteiger partial charge in [0, 0.05) is 0 Å². The predicted octanol–water partition coefficient (Wildman–Crippen LogP) is 4.37. The van der Waals surface area contributed by atoms with E-state index in [9.17, 15) is 14.7 Å². The number of nitrogens with two attached hydrogens (primary N) is 5. The lowest BCUT2D eigenvalue weighted by molar-refractivity contribution is -0.0374. The van der Waals surface area contributed by atoms with Gasteiger partial charge in [0.05, 0.1) is 41.7 Å². The number of ether oxygens (including phenoxy) is 5. The molecule has 250 valence electrons. The first kappa shape index (κ1) is 35.4. The third-order valence-corrected chi connectivity index (χ3v) is 7.40. The van der Waals surface area contributed by atoms with E-state index in [-0.39, 0.29) is 64.3 Å². The Hall–Kier alpha value is -4.10. The van der Waals surface area contributed by atoms with Gasteiger partial charge in [-0.2, -0.15) is 0 Å². The zero-order valence-electron chi connectivity index (χ0n) is 26.9. The fraction of sp³-hybridized carbons (Fsp3) is 0.562. The van der Waals surface area contributed by atoms with Crippen LogP contribution in [0.5, 0.6) is 11.5 Å². The quantitative estimate of drug-likeness (QED) is 0.0468. The summed E-state index contributed by atoms with van der Waals surface area (Å²) < 4.78 is 27.9. The number of carbonyl (C=O) groups excluding carboxylic acids is 2. The van der Waals surface area contributed by atoms with Gasteiger partial charge in [-0.1, -0.05) is 40.5 Å².